The topological polar surface area (TPSA) is 33.1 Å². The Hall–Kier alpha value is -1.66. The lowest BCUT2D eigenvalue weighted by Crippen LogP contribution is -2.28. The van der Waals surface area contributed by atoms with Crippen LogP contribution in [0.2, 0.25) is 0 Å². The van der Waals surface area contributed by atoms with Gasteiger partial charge in [0.15, 0.2) is 0 Å². The van der Waals surface area contributed by atoms with Gasteiger partial charge < -0.3 is 5.32 Å². The SMILES string of the molecule is Cl.c1ccc(-n2cc(CN3CCC4(CCNC4)C3)c(-c3cccs3)n2)cc1. The van der Waals surface area contributed by atoms with Crippen LogP contribution in [0.5, 0.6) is 0 Å². The minimum absolute atomic E-state index is 0. The maximum Gasteiger partial charge on any atom is 0.107 e. The normalized spacial score (nSPS) is 22.4. The summed E-state index contributed by atoms with van der Waals surface area (Å²) in [5, 5.41) is 10.6. The van der Waals surface area contributed by atoms with E-state index in [1.165, 1.54) is 49.5 Å². The highest BCUT2D eigenvalue weighted by atomic mass is 35.5. The maximum absolute atomic E-state index is 4.94. The molecule has 3 aromatic rings. The average molecular weight is 401 g/mol. The van der Waals surface area contributed by atoms with Crippen LogP contribution in [0.1, 0.15) is 18.4 Å². The molecule has 6 heteroatoms. The summed E-state index contributed by atoms with van der Waals surface area (Å²) in [6, 6.07) is 14.7. The van der Waals surface area contributed by atoms with Gasteiger partial charge in [0.2, 0.25) is 0 Å². The van der Waals surface area contributed by atoms with Gasteiger partial charge >= 0.3 is 0 Å². The Balaban J connectivity index is 0.00000180. The number of thiophene rings is 1. The Bertz CT molecular complexity index is 869. The van der Waals surface area contributed by atoms with E-state index < -0.39 is 0 Å². The van der Waals surface area contributed by atoms with Crippen molar-refractivity contribution in [3.8, 4) is 16.3 Å². The van der Waals surface area contributed by atoms with Crippen LogP contribution in [0.4, 0.5) is 0 Å². The monoisotopic (exact) mass is 400 g/mol. The number of para-hydroxylation sites is 1. The van der Waals surface area contributed by atoms with Crippen molar-refractivity contribution >= 4 is 23.7 Å². The number of nitrogens with zero attached hydrogens (tertiary/aromatic N) is 3. The van der Waals surface area contributed by atoms with E-state index in [1.807, 2.05) is 10.7 Å². The molecule has 1 spiro atoms. The van der Waals surface area contributed by atoms with E-state index in [0.29, 0.717) is 5.41 Å². The van der Waals surface area contributed by atoms with Gasteiger partial charge in [0, 0.05) is 31.4 Å². The van der Waals surface area contributed by atoms with Gasteiger partial charge in [0.05, 0.1) is 10.6 Å². The lowest BCUT2D eigenvalue weighted by atomic mass is 9.86. The van der Waals surface area contributed by atoms with Gasteiger partial charge in [-0.15, -0.1) is 23.7 Å². The van der Waals surface area contributed by atoms with Gasteiger partial charge in [-0.2, -0.15) is 5.10 Å². The number of hydrogen-bond acceptors (Lipinski definition) is 4. The van der Waals surface area contributed by atoms with E-state index in [-0.39, 0.29) is 12.4 Å². The predicted molar refractivity (Wildman–Crippen MR) is 114 cm³/mol. The number of likely N-dealkylation sites (tertiary alicyclic amines) is 1. The van der Waals surface area contributed by atoms with Crippen LogP contribution in [-0.4, -0.2) is 40.9 Å². The van der Waals surface area contributed by atoms with Crippen molar-refractivity contribution in [2.24, 2.45) is 5.41 Å². The van der Waals surface area contributed by atoms with Gasteiger partial charge in [-0.3, -0.25) is 4.90 Å². The molecule has 27 heavy (non-hydrogen) atoms. The summed E-state index contributed by atoms with van der Waals surface area (Å²) in [6.07, 6.45) is 4.87. The molecule has 0 bridgehead atoms. The minimum atomic E-state index is 0. The Kier molecular flexibility index (Phi) is 5.37. The quantitative estimate of drug-likeness (QED) is 0.712. The molecule has 4 nitrogen and oxygen atoms in total. The predicted octanol–water partition coefficient (Wildman–Crippen LogP) is 4.21. The van der Waals surface area contributed by atoms with E-state index in [1.54, 1.807) is 11.3 Å². The Morgan fingerprint density at radius 2 is 2.00 bits per heavy atom. The van der Waals surface area contributed by atoms with Crippen molar-refractivity contribution < 1.29 is 0 Å². The molecule has 4 heterocycles. The van der Waals surface area contributed by atoms with E-state index in [2.05, 4.69) is 58.2 Å². The zero-order valence-electron chi connectivity index (χ0n) is 15.3. The van der Waals surface area contributed by atoms with Gasteiger partial charge in [-0.1, -0.05) is 24.3 Å². The number of hydrogen-bond donors (Lipinski definition) is 1. The van der Waals surface area contributed by atoms with E-state index in [4.69, 9.17) is 5.10 Å². The van der Waals surface area contributed by atoms with Crippen molar-refractivity contribution in [2.45, 2.75) is 19.4 Å². The van der Waals surface area contributed by atoms with Gasteiger partial charge in [0.25, 0.3) is 0 Å². The second-order valence-corrected chi connectivity index (χ2v) is 8.60. The summed E-state index contributed by atoms with van der Waals surface area (Å²) in [7, 11) is 0. The molecule has 1 N–H and O–H groups in total. The number of benzene rings is 1. The summed E-state index contributed by atoms with van der Waals surface area (Å²) >= 11 is 1.77. The first-order chi connectivity index (χ1) is 12.8. The lowest BCUT2D eigenvalue weighted by molar-refractivity contribution is 0.269. The summed E-state index contributed by atoms with van der Waals surface area (Å²) in [4.78, 5) is 3.88. The third kappa shape index (κ3) is 3.69. The molecular weight excluding hydrogens is 376 g/mol. The van der Waals surface area contributed by atoms with Crippen LogP contribution in [-0.2, 0) is 6.54 Å². The molecule has 1 unspecified atom stereocenters. The van der Waals surface area contributed by atoms with Crippen molar-refractivity contribution in [1.29, 1.82) is 0 Å². The smallest absolute Gasteiger partial charge is 0.107 e. The zero-order chi connectivity index (χ0) is 17.4. The molecular formula is C21H25ClN4S. The lowest BCUT2D eigenvalue weighted by Gasteiger charge is -2.22. The molecule has 0 aliphatic carbocycles. The van der Waals surface area contributed by atoms with Gasteiger partial charge in [-0.25, -0.2) is 4.68 Å². The van der Waals surface area contributed by atoms with Crippen LogP contribution in [0, 0.1) is 5.41 Å². The molecule has 142 valence electrons. The van der Waals surface area contributed by atoms with Crippen LogP contribution in [0.15, 0.2) is 54.0 Å². The fourth-order valence-electron chi connectivity index (χ4n) is 4.41. The molecule has 0 amide bonds. The fraction of sp³-hybridized carbons (Fsp3) is 0.381. The molecule has 0 saturated carbocycles. The first kappa shape index (κ1) is 18.7. The standard InChI is InChI=1S/C21H24N4S.ClH/c1-2-5-18(6-3-1)25-14-17(20(23-25)19-7-4-12-26-19)13-24-11-9-21(16-24)8-10-22-15-21;/h1-7,12,14,22H,8-11,13,15-16H2;1H. The Labute approximate surface area is 170 Å². The van der Waals surface area contributed by atoms with Crippen LogP contribution in [0.3, 0.4) is 0 Å². The third-order valence-electron chi connectivity index (χ3n) is 5.81. The molecule has 1 aromatic carbocycles. The summed E-state index contributed by atoms with van der Waals surface area (Å²) in [6.45, 7) is 5.76. The van der Waals surface area contributed by atoms with Crippen LogP contribution in [0.25, 0.3) is 16.3 Å². The van der Waals surface area contributed by atoms with Crippen molar-refractivity contribution in [3.63, 3.8) is 0 Å². The Morgan fingerprint density at radius 3 is 2.74 bits per heavy atom. The molecule has 2 aliphatic heterocycles. The number of aromatic nitrogens is 2. The fourth-order valence-corrected chi connectivity index (χ4v) is 5.15. The van der Waals surface area contributed by atoms with E-state index in [9.17, 15) is 0 Å². The minimum Gasteiger partial charge on any atom is -0.316 e. The first-order valence-electron chi connectivity index (χ1n) is 9.42. The van der Waals surface area contributed by atoms with Crippen molar-refractivity contribution in [2.75, 3.05) is 26.2 Å². The molecule has 0 radical (unpaired) electrons. The molecule has 1 atom stereocenters. The van der Waals surface area contributed by atoms with Gasteiger partial charge in [-0.05, 0) is 54.9 Å². The van der Waals surface area contributed by atoms with Crippen LogP contribution < -0.4 is 5.32 Å². The second-order valence-electron chi connectivity index (χ2n) is 7.65. The number of halogens is 1. The maximum atomic E-state index is 4.94. The summed E-state index contributed by atoms with van der Waals surface area (Å²) < 4.78 is 2.04. The highest BCUT2D eigenvalue weighted by molar-refractivity contribution is 7.13. The summed E-state index contributed by atoms with van der Waals surface area (Å²) in [5.41, 5.74) is 4.10. The summed E-state index contributed by atoms with van der Waals surface area (Å²) in [5.74, 6) is 0. The molecule has 2 aromatic heterocycles. The molecule has 2 aliphatic rings. The third-order valence-corrected chi connectivity index (χ3v) is 6.69. The second kappa shape index (κ2) is 7.76. The molecule has 2 fully saturated rings. The van der Waals surface area contributed by atoms with Crippen molar-refractivity contribution in [3.05, 3.63) is 59.6 Å². The number of nitrogens with one attached hydrogen (secondary N) is 1. The highest BCUT2D eigenvalue weighted by Crippen LogP contribution is 2.37. The zero-order valence-corrected chi connectivity index (χ0v) is 16.9. The van der Waals surface area contributed by atoms with E-state index in [0.717, 1.165) is 17.9 Å². The van der Waals surface area contributed by atoms with E-state index >= 15 is 0 Å². The van der Waals surface area contributed by atoms with Gasteiger partial charge in [0.1, 0.15) is 5.69 Å². The average Bonchev–Trinajstić information content (AvgIpc) is 3.45. The highest BCUT2D eigenvalue weighted by Gasteiger charge is 2.40. The van der Waals surface area contributed by atoms with Crippen LogP contribution >= 0.6 is 23.7 Å². The first-order valence-corrected chi connectivity index (χ1v) is 10.3. The molecule has 5 rings (SSSR count). The molecule has 2 saturated heterocycles. The number of rotatable bonds is 4. The van der Waals surface area contributed by atoms with Crippen molar-refractivity contribution in [1.82, 2.24) is 20.0 Å². The Morgan fingerprint density at radius 1 is 1.11 bits per heavy atom. The largest absolute Gasteiger partial charge is 0.316 e.